The Morgan fingerprint density at radius 1 is 0.935 bits per heavy atom. The molecule has 1 aliphatic rings. The van der Waals surface area contributed by atoms with Crippen LogP contribution in [0, 0.1) is 5.82 Å². The maximum absolute atomic E-state index is 14.0. The highest BCUT2D eigenvalue weighted by Crippen LogP contribution is 2.30. The standard InChI is InChI=1S/C25H24BrFN2O2/c1-31-23-12-9-20(17-22(23)27)25(30)29-15-13-28(14-16-29)24(18-5-3-2-4-6-18)19-7-10-21(26)11-8-19/h2-12,17,24H,13-16H2,1H3. The van der Waals surface area contributed by atoms with E-state index in [-0.39, 0.29) is 17.7 Å². The number of benzene rings is 3. The largest absolute Gasteiger partial charge is 0.494 e. The minimum absolute atomic E-state index is 0.116. The van der Waals surface area contributed by atoms with Crippen LogP contribution in [-0.4, -0.2) is 49.0 Å². The number of carbonyl (C=O) groups excluding carboxylic acids is 1. The third-order valence-electron chi connectivity index (χ3n) is 5.67. The van der Waals surface area contributed by atoms with Crippen molar-refractivity contribution < 1.29 is 13.9 Å². The van der Waals surface area contributed by atoms with Gasteiger partial charge in [-0.25, -0.2) is 4.39 Å². The zero-order chi connectivity index (χ0) is 21.8. The van der Waals surface area contributed by atoms with Gasteiger partial charge in [-0.15, -0.1) is 0 Å². The van der Waals surface area contributed by atoms with E-state index in [4.69, 9.17) is 4.74 Å². The van der Waals surface area contributed by atoms with E-state index >= 15 is 0 Å². The summed E-state index contributed by atoms with van der Waals surface area (Å²) in [6, 6.07) is 23.3. The quantitative estimate of drug-likeness (QED) is 0.504. The SMILES string of the molecule is COc1ccc(C(=O)N2CCN(C(c3ccccc3)c3ccc(Br)cc3)CC2)cc1F. The van der Waals surface area contributed by atoms with Crippen LogP contribution in [0.4, 0.5) is 4.39 Å². The van der Waals surface area contributed by atoms with Gasteiger partial charge in [-0.2, -0.15) is 0 Å². The van der Waals surface area contributed by atoms with Crippen LogP contribution in [0.25, 0.3) is 0 Å². The Kier molecular flexibility index (Phi) is 6.68. The number of carbonyl (C=O) groups is 1. The van der Waals surface area contributed by atoms with Crippen molar-refractivity contribution in [2.45, 2.75) is 6.04 Å². The number of rotatable bonds is 5. The number of methoxy groups -OCH3 is 1. The molecule has 0 aromatic heterocycles. The summed E-state index contributed by atoms with van der Waals surface area (Å²) in [6.45, 7) is 2.65. The maximum Gasteiger partial charge on any atom is 0.254 e. The van der Waals surface area contributed by atoms with Crippen LogP contribution in [0.2, 0.25) is 0 Å². The van der Waals surface area contributed by atoms with Gasteiger partial charge >= 0.3 is 0 Å². The molecule has 0 N–H and O–H groups in total. The van der Waals surface area contributed by atoms with E-state index in [2.05, 4.69) is 69.4 Å². The minimum atomic E-state index is -0.522. The number of ether oxygens (including phenoxy) is 1. The Bertz CT molecular complexity index is 1040. The summed E-state index contributed by atoms with van der Waals surface area (Å²) in [5.74, 6) is -0.533. The van der Waals surface area contributed by atoms with E-state index in [1.54, 1.807) is 11.0 Å². The molecule has 0 bridgehead atoms. The van der Waals surface area contributed by atoms with Gasteiger partial charge in [0.05, 0.1) is 13.2 Å². The molecule has 6 heteroatoms. The summed E-state index contributed by atoms with van der Waals surface area (Å²) >= 11 is 3.51. The predicted octanol–water partition coefficient (Wildman–Crippen LogP) is 5.14. The van der Waals surface area contributed by atoms with E-state index in [0.717, 1.165) is 17.6 Å². The molecule has 31 heavy (non-hydrogen) atoms. The van der Waals surface area contributed by atoms with Gasteiger partial charge in [-0.1, -0.05) is 58.4 Å². The average molecular weight is 483 g/mol. The topological polar surface area (TPSA) is 32.8 Å². The van der Waals surface area contributed by atoms with E-state index in [1.165, 1.54) is 30.4 Å². The molecule has 1 saturated heterocycles. The zero-order valence-corrected chi connectivity index (χ0v) is 18.9. The van der Waals surface area contributed by atoms with Crippen LogP contribution in [0.1, 0.15) is 27.5 Å². The third kappa shape index (κ3) is 4.81. The number of hydrogen-bond acceptors (Lipinski definition) is 3. The van der Waals surface area contributed by atoms with Gasteiger partial charge in [-0.05, 0) is 41.5 Å². The van der Waals surface area contributed by atoms with Crippen molar-refractivity contribution in [1.29, 1.82) is 0 Å². The zero-order valence-electron chi connectivity index (χ0n) is 17.3. The molecule has 1 amide bonds. The molecule has 160 valence electrons. The van der Waals surface area contributed by atoms with Crippen LogP contribution < -0.4 is 4.74 Å². The molecule has 3 aromatic rings. The van der Waals surface area contributed by atoms with Gasteiger partial charge in [0, 0.05) is 36.2 Å². The number of halogens is 2. The Balaban J connectivity index is 1.50. The normalized spacial score (nSPS) is 15.5. The molecule has 4 nitrogen and oxygen atoms in total. The van der Waals surface area contributed by atoms with Crippen molar-refractivity contribution in [3.8, 4) is 5.75 Å². The van der Waals surface area contributed by atoms with E-state index in [1.807, 2.05) is 6.07 Å². The lowest BCUT2D eigenvalue weighted by atomic mass is 9.96. The van der Waals surface area contributed by atoms with Gasteiger partial charge in [-0.3, -0.25) is 9.69 Å². The molecule has 0 saturated carbocycles. The Morgan fingerprint density at radius 3 is 2.19 bits per heavy atom. The van der Waals surface area contributed by atoms with Gasteiger partial charge < -0.3 is 9.64 Å². The third-order valence-corrected chi connectivity index (χ3v) is 6.20. The first kappa shape index (κ1) is 21.5. The molecule has 1 heterocycles. The summed E-state index contributed by atoms with van der Waals surface area (Å²) in [5.41, 5.74) is 2.78. The van der Waals surface area contributed by atoms with Crippen molar-refractivity contribution in [2.24, 2.45) is 0 Å². The lowest BCUT2D eigenvalue weighted by Gasteiger charge is -2.40. The number of nitrogens with zero attached hydrogens (tertiary/aromatic N) is 2. The second kappa shape index (κ2) is 9.62. The summed E-state index contributed by atoms with van der Waals surface area (Å²) in [5, 5.41) is 0. The number of amides is 1. The lowest BCUT2D eigenvalue weighted by Crippen LogP contribution is -2.49. The summed E-state index contributed by atoms with van der Waals surface area (Å²) in [4.78, 5) is 17.1. The molecule has 0 radical (unpaired) electrons. The Hall–Kier alpha value is -2.70. The second-order valence-electron chi connectivity index (χ2n) is 7.54. The van der Waals surface area contributed by atoms with Crippen molar-refractivity contribution >= 4 is 21.8 Å². The van der Waals surface area contributed by atoms with Gasteiger partial charge in [0.25, 0.3) is 5.91 Å². The fraction of sp³-hybridized carbons (Fsp3) is 0.240. The molecule has 1 fully saturated rings. The van der Waals surface area contributed by atoms with Crippen molar-refractivity contribution in [2.75, 3.05) is 33.3 Å². The molecule has 1 aliphatic heterocycles. The fourth-order valence-electron chi connectivity index (χ4n) is 4.06. The number of piperazine rings is 1. The van der Waals surface area contributed by atoms with Crippen LogP contribution in [0.3, 0.4) is 0 Å². The Labute approximate surface area is 190 Å². The molecule has 1 unspecified atom stereocenters. The summed E-state index contributed by atoms with van der Waals surface area (Å²) < 4.78 is 20.0. The second-order valence-corrected chi connectivity index (χ2v) is 8.46. The molecule has 0 aliphatic carbocycles. The summed E-state index contributed by atoms with van der Waals surface area (Å²) in [6.07, 6.45) is 0. The summed E-state index contributed by atoms with van der Waals surface area (Å²) in [7, 11) is 1.41. The van der Waals surface area contributed by atoms with Crippen molar-refractivity contribution in [1.82, 2.24) is 9.80 Å². The minimum Gasteiger partial charge on any atom is -0.494 e. The number of hydrogen-bond donors (Lipinski definition) is 0. The van der Waals surface area contributed by atoms with Crippen LogP contribution in [-0.2, 0) is 0 Å². The molecule has 1 atom stereocenters. The predicted molar refractivity (Wildman–Crippen MR) is 123 cm³/mol. The van der Waals surface area contributed by atoms with Crippen molar-refractivity contribution in [3.05, 3.63) is 99.8 Å². The highest BCUT2D eigenvalue weighted by Gasteiger charge is 2.28. The van der Waals surface area contributed by atoms with Gasteiger partial charge in [0.15, 0.2) is 11.6 Å². The smallest absolute Gasteiger partial charge is 0.254 e. The maximum atomic E-state index is 14.0. The van der Waals surface area contributed by atoms with Crippen molar-refractivity contribution in [3.63, 3.8) is 0 Å². The monoisotopic (exact) mass is 482 g/mol. The molecule has 0 spiro atoms. The average Bonchev–Trinajstić information content (AvgIpc) is 2.81. The van der Waals surface area contributed by atoms with E-state index in [0.29, 0.717) is 18.7 Å². The van der Waals surface area contributed by atoms with Crippen LogP contribution >= 0.6 is 15.9 Å². The first-order valence-electron chi connectivity index (χ1n) is 10.2. The molecular formula is C25H24BrFN2O2. The van der Waals surface area contributed by atoms with Crippen LogP contribution in [0.5, 0.6) is 5.75 Å². The Morgan fingerprint density at radius 2 is 1.58 bits per heavy atom. The molecular weight excluding hydrogens is 459 g/mol. The van der Waals surface area contributed by atoms with Gasteiger partial charge in [0.1, 0.15) is 0 Å². The van der Waals surface area contributed by atoms with Gasteiger partial charge in [0.2, 0.25) is 0 Å². The lowest BCUT2D eigenvalue weighted by molar-refractivity contribution is 0.0597. The van der Waals surface area contributed by atoms with Crippen LogP contribution in [0.15, 0.2) is 77.3 Å². The fourth-order valence-corrected chi connectivity index (χ4v) is 4.32. The highest BCUT2D eigenvalue weighted by atomic mass is 79.9. The molecule has 4 rings (SSSR count). The highest BCUT2D eigenvalue weighted by molar-refractivity contribution is 9.10. The van der Waals surface area contributed by atoms with E-state index < -0.39 is 5.82 Å². The first-order chi connectivity index (χ1) is 15.1. The van der Waals surface area contributed by atoms with E-state index in [9.17, 15) is 9.18 Å². The first-order valence-corrected chi connectivity index (χ1v) is 11.0. The molecule has 3 aromatic carbocycles.